The van der Waals surface area contributed by atoms with E-state index in [-0.39, 0.29) is 17.5 Å². The highest BCUT2D eigenvalue weighted by Gasteiger charge is 2.08. The molecule has 12 heteroatoms. The smallest absolute Gasteiger partial charge is 0.219 e. The van der Waals surface area contributed by atoms with Gasteiger partial charge in [0.1, 0.15) is 34.7 Å². The fraction of sp³-hybridized carbons (Fsp3) is 0.125. The first-order valence-electron chi connectivity index (χ1n) is 21.9. The van der Waals surface area contributed by atoms with E-state index in [0.717, 1.165) is 69.1 Å². The van der Waals surface area contributed by atoms with Crippen LogP contribution < -0.4 is 19.9 Å². The molecule has 9 rings (SSSR count). The van der Waals surface area contributed by atoms with Crippen molar-refractivity contribution in [3.63, 3.8) is 0 Å². The molecule has 0 bridgehead atoms. The summed E-state index contributed by atoms with van der Waals surface area (Å²) >= 11 is 0. The number of halogens is 3. The SMILES string of the molecule is CCc1ccc(Oc2ccc(-c3ccc(F)cc3)cc2)nc1C.CCc1cnc(Oc2ccc(-c3ccc(F)cc3)nc2)cc1C.Cc1cc(Oc2ccc(-c3ccc(F)cc3)nc2)ncc1N. The van der Waals surface area contributed by atoms with Gasteiger partial charge in [-0.15, -0.1) is 0 Å². The molecule has 0 fully saturated rings. The number of rotatable bonds is 11. The molecule has 0 spiro atoms. The fourth-order valence-electron chi connectivity index (χ4n) is 6.76. The van der Waals surface area contributed by atoms with Crippen molar-refractivity contribution in [3.05, 3.63) is 216 Å². The number of aryl methyl sites for hydroxylation is 5. The van der Waals surface area contributed by atoms with Gasteiger partial charge in [0.15, 0.2) is 0 Å². The quantitative estimate of drug-likeness (QED) is 0.135. The first kappa shape index (κ1) is 47.6. The Morgan fingerprint density at radius 2 is 0.838 bits per heavy atom. The molecule has 0 aliphatic heterocycles. The van der Waals surface area contributed by atoms with E-state index in [1.165, 1.54) is 47.5 Å². The van der Waals surface area contributed by atoms with E-state index in [1.54, 1.807) is 67.1 Å². The Hall–Kier alpha value is -8.38. The first-order valence-corrected chi connectivity index (χ1v) is 21.9. The third kappa shape index (κ3) is 13.1. The van der Waals surface area contributed by atoms with Crippen LogP contribution in [0.25, 0.3) is 33.6 Å². The lowest BCUT2D eigenvalue weighted by Gasteiger charge is -2.08. The summed E-state index contributed by atoms with van der Waals surface area (Å²) < 4.78 is 56.0. The Bertz CT molecular complexity index is 2900. The van der Waals surface area contributed by atoms with E-state index in [4.69, 9.17) is 19.9 Å². The Balaban J connectivity index is 0.000000151. The molecule has 0 saturated carbocycles. The molecule has 5 heterocycles. The second-order valence-electron chi connectivity index (χ2n) is 15.5. The maximum atomic E-state index is 13.0. The van der Waals surface area contributed by atoms with E-state index in [1.807, 2.05) is 87.6 Å². The summed E-state index contributed by atoms with van der Waals surface area (Å²) in [5, 5.41) is 0. The van der Waals surface area contributed by atoms with Crippen molar-refractivity contribution in [1.82, 2.24) is 24.9 Å². The molecule has 68 heavy (non-hydrogen) atoms. The second-order valence-corrected chi connectivity index (χ2v) is 15.5. The molecule has 0 saturated heterocycles. The van der Waals surface area contributed by atoms with Crippen LogP contribution in [-0.4, -0.2) is 24.9 Å². The van der Waals surface area contributed by atoms with Crippen molar-refractivity contribution < 1.29 is 27.4 Å². The number of nitrogens with zero attached hydrogens (tertiary/aromatic N) is 5. The largest absolute Gasteiger partial charge is 0.439 e. The molecule has 0 atom stereocenters. The first-order chi connectivity index (χ1) is 32.9. The number of benzene rings is 4. The molecule has 0 aliphatic carbocycles. The minimum absolute atomic E-state index is 0.231. The summed E-state index contributed by atoms with van der Waals surface area (Å²) in [4.78, 5) is 21.5. The molecule has 342 valence electrons. The highest BCUT2D eigenvalue weighted by atomic mass is 19.1. The van der Waals surface area contributed by atoms with Crippen LogP contribution in [0.5, 0.6) is 34.9 Å². The lowest BCUT2D eigenvalue weighted by molar-refractivity contribution is 0.460. The van der Waals surface area contributed by atoms with Gasteiger partial charge in [-0.1, -0.05) is 44.2 Å². The van der Waals surface area contributed by atoms with E-state index in [9.17, 15) is 13.2 Å². The second kappa shape index (κ2) is 22.7. The summed E-state index contributed by atoms with van der Waals surface area (Å²) in [5.41, 5.74) is 17.0. The topological polar surface area (TPSA) is 118 Å². The summed E-state index contributed by atoms with van der Waals surface area (Å²) in [7, 11) is 0. The summed E-state index contributed by atoms with van der Waals surface area (Å²) in [5.74, 6) is 2.76. The van der Waals surface area contributed by atoms with Crippen LogP contribution in [-0.2, 0) is 12.8 Å². The van der Waals surface area contributed by atoms with Crippen LogP contribution in [0.3, 0.4) is 0 Å². The molecule has 0 amide bonds. The van der Waals surface area contributed by atoms with Gasteiger partial charge >= 0.3 is 0 Å². The van der Waals surface area contributed by atoms with Crippen molar-refractivity contribution >= 4 is 5.69 Å². The predicted molar refractivity (Wildman–Crippen MR) is 261 cm³/mol. The van der Waals surface area contributed by atoms with Crippen molar-refractivity contribution in [3.8, 4) is 68.5 Å². The van der Waals surface area contributed by atoms with Gasteiger partial charge in [-0.3, -0.25) is 9.97 Å². The highest BCUT2D eigenvalue weighted by molar-refractivity contribution is 5.64. The van der Waals surface area contributed by atoms with Gasteiger partial charge in [0.25, 0.3) is 0 Å². The van der Waals surface area contributed by atoms with Crippen LogP contribution in [0.4, 0.5) is 18.9 Å². The minimum atomic E-state index is -0.270. The Morgan fingerprint density at radius 3 is 1.26 bits per heavy atom. The number of nitrogens with two attached hydrogens (primary N) is 1. The van der Waals surface area contributed by atoms with E-state index in [2.05, 4.69) is 38.8 Å². The highest BCUT2D eigenvalue weighted by Crippen LogP contribution is 2.28. The van der Waals surface area contributed by atoms with Gasteiger partial charge in [0.2, 0.25) is 17.6 Å². The number of nitrogen functional groups attached to an aromatic ring is 1. The predicted octanol–water partition coefficient (Wildman–Crippen LogP) is 14.5. The van der Waals surface area contributed by atoms with Crippen LogP contribution in [0.2, 0.25) is 0 Å². The van der Waals surface area contributed by atoms with Crippen LogP contribution in [0, 0.1) is 38.2 Å². The molecule has 0 radical (unpaired) electrons. The van der Waals surface area contributed by atoms with Gasteiger partial charge in [-0.05, 0) is 164 Å². The van der Waals surface area contributed by atoms with Gasteiger partial charge < -0.3 is 19.9 Å². The zero-order valence-electron chi connectivity index (χ0n) is 38.3. The molecule has 4 aromatic carbocycles. The number of ether oxygens (including phenoxy) is 3. The third-order valence-corrected chi connectivity index (χ3v) is 10.7. The molecule has 0 aliphatic rings. The number of pyridine rings is 5. The third-order valence-electron chi connectivity index (χ3n) is 10.7. The van der Waals surface area contributed by atoms with Crippen LogP contribution >= 0.6 is 0 Å². The monoisotopic (exact) mass is 910 g/mol. The fourth-order valence-corrected chi connectivity index (χ4v) is 6.76. The van der Waals surface area contributed by atoms with Crippen LogP contribution in [0.1, 0.15) is 41.8 Å². The summed E-state index contributed by atoms with van der Waals surface area (Å²) in [6, 6.07) is 41.5. The van der Waals surface area contributed by atoms with Crippen molar-refractivity contribution in [2.24, 2.45) is 0 Å². The lowest BCUT2D eigenvalue weighted by atomic mass is 10.1. The Labute approximate surface area is 394 Å². The maximum Gasteiger partial charge on any atom is 0.219 e. The summed E-state index contributed by atoms with van der Waals surface area (Å²) in [6.45, 7) is 10.1. The minimum Gasteiger partial charge on any atom is -0.439 e. The van der Waals surface area contributed by atoms with Gasteiger partial charge in [0.05, 0.1) is 35.7 Å². The Morgan fingerprint density at radius 1 is 0.412 bits per heavy atom. The lowest BCUT2D eigenvalue weighted by Crippen LogP contribution is -1.94. The zero-order chi connectivity index (χ0) is 48.0. The summed E-state index contributed by atoms with van der Waals surface area (Å²) in [6.07, 6.45) is 8.56. The number of hydrogen-bond acceptors (Lipinski definition) is 9. The molecule has 0 unspecified atom stereocenters. The van der Waals surface area contributed by atoms with Crippen molar-refractivity contribution in [1.29, 1.82) is 0 Å². The van der Waals surface area contributed by atoms with Crippen molar-refractivity contribution in [2.75, 3.05) is 5.73 Å². The van der Waals surface area contributed by atoms with E-state index < -0.39 is 0 Å². The molecular weight excluding hydrogens is 862 g/mol. The van der Waals surface area contributed by atoms with Gasteiger partial charge in [-0.2, -0.15) is 0 Å². The zero-order valence-corrected chi connectivity index (χ0v) is 38.3. The molecular formula is C56H49F3N6O3. The molecule has 9 nitrogen and oxygen atoms in total. The molecule has 5 aromatic heterocycles. The average molecular weight is 911 g/mol. The average Bonchev–Trinajstić information content (AvgIpc) is 3.35. The Kier molecular flexibility index (Phi) is 15.9. The normalized spacial score (nSPS) is 10.5. The van der Waals surface area contributed by atoms with E-state index >= 15 is 0 Å². The van der Waals surface area contributed by atoms with Crippen molar-refractivity contribution in [2.45, 2.75) is 47.5 Å². The molecule has 9 aromatic rings. The van der Waals surface area contributed by atoms with Crippen LogP contribution in [0.15, 0.2) is 170 Å². The molecule has 2 N–H and O–H groups in total. The number of hydrogen-bond donors (Lipinski definition) is 1. The number of aromatic nitrogens is 5. The maximum absolute atomic E-state index is 13.0. The number of anilines is 1. The van der Waals surface area contributed by atoms with Gasteiger partial charge in [0, 0.05) is 41.2 Å². The van der Waals surface area contributed by atoms with E-state index in [0.29, 0.717) is 34.8 Å². The standard InChI is InChI=1S/C20H18FNO.C19H17FN2O.C17H14FN3O/c1-3-15-8-13-20(22-14(15)2)23-19-11-6-17(7-12-19)16-4-9-18(21)10-5-16;1-3-14-11-22-19(10-13(14)2)23-17-8-9-18(21-12-17)15-4-6-16(20)7-5-15;1-11-8-17(21-10-15(11)19)22-14-6-7-16(20-9-14)12-2-4-13(18)5-3-12/h4-13H,3H2,1-2H3;4-12H,3H2,1-2H3;2-10H,19H2,1H3. The van der Waals surface area contributed by atoms with Gasteiger partial charge in [-0.25, -0.2) is 28.1 Å².